The normalized spacial score (nSPS) is 16.6. The number of amides is 1. The van der Waals surface area contributed by atoms with Gasteiger partial charge in [0.2, 0.25) is 0 Å². The van der Waals surface area contributed by atoms with Crippen LogP contribution < -0.4 is 0 Å². The van der Waals surface area contributed by atoms with Gasteiger partial charge in [0.15, 0.2) is 0 Å². The minimum atomic E-state index is -0.927. The molecule has 0 radical (unpaired) electrons. The Morgan fingerprint density at radius 3 is 2.38 bits per heavy atom. The topological polar surface area (TPSA) is 127 Å². The molecule has 1 N–H and O–H groups in total. The Hall–Kier alpha value is -4.79. The van der Waals surface area contributed by atoms with Crippen LogP contribution in [0.2, 0.25) is 0 Å². The molecule has 3 aromatic carbocycles. The lowest BCUT2D eigenvalue weighted by Gasteiger charge is -2.26. The molecule has 0 aliphatic carbocycles. The molecule has 9 heteroatoms. The van der Waals surface area contributed by atoms with E-state index in [1.165, 1.54) is 23.1 Å². The third-order valence-corrected chi connectivity index (χ3v) is 6.05. The van der Waals surface area contributed by atoms with Crippen molar-refractivity contribution in [3.63, 3.8) is 0 Å². The summed E-state index contributed by atoms with van der Waals surface area (Å²) in [5.41, 5.74) is 2.15. The first-order valence-electron chi connectivity index (χ1n) is 11.6. The molecule has 4 rings (SSSR count). The summed E-state index contributed by atoms with van der Waals surface area (Å²) in [4.78, 5) is 50.4. The van der Waals surface area contributed by atoms with Crippen molar-refractivity contribution < 1.29 is 29.2 Å². The highest BCUT2D eigenvalue weighted by molar-refractivity contribution is 6.46. The summed E-state index contributed by atoms with van der Waals surface area (Å²) in [5, 5.41) is 22.4. The molecule has 1 saturated heterocycles. The van der Waals surface area contributed by atoms with Crippen LogP contribution in [0, 0.1) is 17.0 Å². The Balaban J connectivity index is 1.79. The number of aliphatic hydroxyl groups is 1. The van der Waals surface area contributed by atoms with Gasteiger partial charge in [0.25, 0.3) is 17.4 Å². The number of nitrogens with zero attached hydrogens (tertiary/aromatic N) is 2. The van der Waals surface area contributed by atoms with Gasteiger partial charge in [-0.05, 0) is 37.1 Å². The van der Waals surface area contributed by atoms with Crippen LogP contribution in [0.4, 0.5) is 5.69 Å². The summed E-state index contributed by atoms with van der Waals surface area (Å²) in [6, 6.07) is 18.0. The number of esters is 1. The predicted molar refractivity (Wildman–Crippen MR) is 135 cm³/mol. The summed E-state index contributed by atoms with van der Waals surface area (Å²) in [7, 11) is 0. The van der Waals surface area contributed by atoms with Crippen LogP contribution in [0.25, 0.3) is 5.76 Å². The number of benzene rings is 3. The van der Waals surface area contributed by atoms with Crippen LogP contribution in [-0.4, -0.2) is 39.2 Å². The van der Waals surface area contributed by atoms with Gasteiger partial charge in [-0.15, -0.1) is 0 Å². The molecule has 0 bridgehead atoms. The van der Waals surface area contributed by atoms with Crippen molar-refractivity contribution in [1.29, 1.82) is 0 Å². The zero-order chi connectivity index (χ0) is 26.7. The highest BCUT2D eigenvalue weighted by atomic mass is 16.6. The van der Waals surface area contributed by atoms with Gasteiger partial charge in [0.1, 0.15) is 5.76 Å². The number of carbonyl (C=O) groups is 3. The zero-order valence-electron chi connectivity index (χ0n) is 20.2. The minimum absolute atomic E-state index is 0.0258. The zero-order valence-corrected chi connectivity index (χ0v) is 20.2. The Morgan fingerprint density at radius 2 is 1.73 bits per heavy atom. The van der Waals surface area contributed by atoms with Crippen molar-refractivity contribution in [2.24, 2.45) is 0 Å². The molecule has 188 valence electrons. The summed E-state index contributed by atoms with van der Waals surface area (Å²) in [6.45, 7) is 3.84. The molecule has 1 fully saturated rings. The molecule has 37 heavy (non-hydrogen) atoms. The van der Waals surface area contributed by atoms with Crippen LogP contribution in [0.15, 0.2) is 78.4 Å². The second kappa shape index (κ2) is 10.4. The number of hydrogen-bond donors (Lipinski definition) is 1. The van der Waals surface area contributed by atoms with E-state index in [2.05, 4.69) is 0 Å². The molecular weight excluding hydrogens is 476 g/mol. The SMILES string of the molecule is CCOC(=O)c1ccc(CN2C(=O)C(=O)/C(=C(\O)c3cccc([N+](=O)[O-])c3)C2c2cccc(C)c2)cc1. The van der Waals surface area contributed by atoms with Gasteiger partial charge in [-0.2, -0.15) is 0 Å². The van der Waals surface area contributed by atoms with E-state index in [4.69, 9.17) is 4.74 Å². The van der Waals surface area contributed by atoms with Gasteiger partial charge in [0, 0.05) is 24.2 Å². The number of likely N-dealkylation sites (tertiary alicyclic amines) is 1. The van der Waals surface area contributed by atoms with E-state index in [9.17, 15) is 29.6 Å². The number of aliphatic hydroxyl groups excluding tert-OH is 1. The Morgan fingerprint density at radius 1 is 1.03 bits per heavy atom. The number of aryl methyl sites for hydroxylation is 1. The van der Waals surface area contributed by atoms with Crippen molar-refractivity contribution in [1.82, 2.24) is 4.90 Å². The van der Waals surface area contributed by atoms with Crippen LogP contribution in [-0.2, 0) is 20.9 Å². The van der Waals surface area contributed by atoms with Gasteiger partial charge < -0.3 is 14.7 Å². The van der Waals surface area contributed by atoms with Gasteiger partial charge in [-0.1, -0.05) is 54.1 Å². The van der Waals surface area contributed by atoms with Crippen LogP contribution in [0.5, 0.6) is 0 Å². The van der Waals surface area contributed by atoms with Gasteiger partial charge in [-0.25, -0.2) is 4.79 Å². The van der Waals surface area contributed by atoms with Crippen LogP contribution >= 0.6 is 0 Å². The van der Waals surface area contributed by atoms with E-state index in [-0.39, 0.29) is 30.0 Å². The maximum absolute atomic E-state index is 13.2. The standard InChI is InChI=1S/C28H24N2O7/c1-3-37-28(34)19-12-10-18(11-13-19)16-29-24(20-7-4-6-17(2)14-20)23(26(32)27(29)33)25(31)21-8-5-9-22(15-21)30(35)36/h4-15,24,31H,3,16H2,1-2H3/b25-23-. The number of nitro benzene ring substituents is 1. The molecule has 0 spiro atoms. The van der Waals surface area contributed by atoms with Crippen molar-refractivity contribution in [3.8, 4) is 0 Å². The number of rotatable bonds is 7. The fourth-order valence-corrected chi connectivity index (χ4v) is 4.31. The number of ether oxygens (including phenoxy) is 1. The third-order valence-electron chi connectivity index (χ3n) is 6.05. The Labute approximate surface area is 212 Å². The lowest BCUT2D eigenvalue weighted by molar-refractivity contribution is -0.384. The quantitative estimate of drug-likeness (QED) is 0.124. The van der Waals surface area contributed by atoms with E-state index in [0.717, 1.165) is 11.6 Å². The first kappa shape index (κ1) is 25.3. The van der Waals surface area contributed by atoms with Crippen molar-refractivity contribution in [2.75, 3.05) is 6.61 Å². The molecule has 1 aliphatic rings. The Kier molecular flexibility index (Phi) is 7.15. The largest absolute Gasteiger partial charge is 0.507 e. The third kappa shape index (κ3) is 5.11. The molecule has 1 amide bonds. The van der Waals surface area contributed by atoms with Crippen molar-refractivity contribution in [3.05, 3.63) is 116 Å². The van der Waals surface area contributed by atoms with Crippen molar-refractivity contribution >= 4 is 29.1 Å². The molecule has 3 aromatic rings. The molecular formula is C28H24N2O7. The fraction of sp³-hybridized carbons (Fsp3) is 0.179. The molecule has 0 aromatic heterocycles. The maximum Gasteiger partial charge on any atom is 0.338 e. The number of ketones is 1. The molecule has 1 atom stereocenters. The maximum atomic E-state index is 13.2. The first-order valence-corrected chi connectivity index (χ1v) is 11.6. The second-order valence-electron chi connectivity index (χ2n) is 8.57. The summed E-state index contributed by atoms with van der Waals surface area (Å²) < 4.78 is 5.00. The predicted octanol–water partition coefficient (Wildman–Crippen LogP) is 4.70. The van der Waals surface area contributed by atoms with Gasteiger partial charge >= 0.3 is 5.97 Å². The number of carbonyl (C=O) groups excluding carboxylic acids is 3. The molecule has 1 unspecified atom stereocenters. The summed E-state index contributed by atoms with van der Waals surface area (Å²) >= 11 is 0. The number of non-ortho nitro benzene ring substituents is 1. The van der Waals surface area contributed by atoms with Crippen LogP contribution in [0.3, 0.4) is 0 Å². The van der Waals surface area contributed by atoms with E-state index in [1.54, 1.807) is 43.3 Å². The fourth-order valence-electron chi connectivity index (χ4n) is 4.31. The second-order valence-corrected chi connectivity index (χ2v) is 8.57. The Bertz CT molecular complexity index is 1430. The van der Waals surface area contributed by atoms with Gasteiger partial charge in [-0.3, -0.25) is 19.7 Å². The summed E-state index contributed by atoms with van der Waals surface area (Å²) in [6.07, 6.45) is 0. The van der Waals surface area contributed by atoms with E-state index < -0.39 is 34.4 Å². The highest BCUT2D eigenvalue weighted by Crippen LogP contribution is 2.40. The molecule has 1 aliphatic heterocycles. The van der Waals surface area contributed by atoms with Crippen molar-refractivity contribution in [2.45, 2.75) is 26.4 Å². The molecule has 9 nitrogen and oxygen atoms in total. The highest BCUT2D eigenvalue weighted by Gasteiger charge is 2.46. The molecule has 1 heterocycles. The first-order chi connectivity index (χ1) is 17.7. The average Bonchev–Trinajstić information content (AvgIpc) is 3.14. The van der Waals surface area contributed by atoms with Gasteiger partial charge in [0.05, 0.1) is 28.7 Å². The van der Waals surface area contributed by atoms with Crippen LogP contribution in [0.1, 0.15) is 45.6 Å². The minimum Gasteiger partial charge on any atom is -0.507 e. The number of Topliss-reactive ketones (excluding diaryl/α,β-unsaturated/α-hetero) is 1. The van der Waals surface area contributed by atoms with E-state index >= 15 is 0 Å². The smallest absolute Gasteiger partial charge is 0.338 e. The lowest BCUT2D eigenvalue weighted by atomic mass is 9.94. The lowest BCUT2D eigenvalue weighted by Crippen LogP contribution is -2.29. The number of nitro groups is 1. The number of hydrogen-bond acceptors (Lipinski definition) is 7. The van der Waals surface area contributed by atoms with E-state index in [1.807, 2.05) is 19.1 Å². The average molecular weight is 501 g/mol. The molecule has 0 saturated carbocycles. The monoisotopic (exact) mass is 500 g/mol. The van der Waals surface area contributed by atoms with E-state index in [0.29, 0.717) is 16.7 Å². The summed E-state index contributed by atoms with van der Waals surface area (Å²) in [5.74, 6) is -2.66.